The number of hydrogen-bond donors (Lipinski definition) is 2. The topological polar surface area (TPSA) is 112 Å². The number of nitrogens with one attached hydrogen (secondary N) is 1. The molecule has 118 valence electrons. The average Bonchev–Trinajstić information content (AvgIpc) is 2.37. The fraction of sp³-hybridized carbons (Fsp3) is 0.818. The largest absolute Gasteiger partial charge is 0.382 e. The molecule has 0 aliphatic carbocycles. The molecule has 0 spiro atoms. The van der Waals surface area contributed by atoms with E-state index < -0.39 is 17.5 Å². The second-order valence-electron chi connectivity index (χ2n) is 4.09. The summed E-state index contributed by atoms with van der Waals surface area (Å²) in [5, 5.41) is 2.04. The second kappa shape index (κ2) is 9.61. The highest BCUT2D eigenvalue weighted by molar-refractivity contribution is 5.99. The Hall–Kier alpha value is -1.26. The van der Waals surface area contributed by atoms with Gasteiger partial charge in [-0.2, -0.15) is 0 Å². The van der Waals surface area contributed by atoms with Gasteiger partial charge in [-0.1, -0.05) is 0 Å². The fourth-order valence-electron chi connectivity index (χ4n) is 1.80. The zero-order chi connectivity index (χ0) is 15.6. The van der Waals surface area contributed by atoms with Crippen LogP contribution >= 0.6 is 0 Å². The molecule has 3 N–H and O–H groups in total. The molecule has 9 heteroatoms. The average molecular weight is 293 g/mol. The number of imide groups is 1. The number of ether oxygens (including phenoxy) is 4. The number of primary amides is 1. The van der Waals surface area contributed by atoms with E-state index in [0.29, 0.717) is 0 Å². The number of carbonyl (C=O) groups is 2. The Morgan fingerprint density at radius 2 is 1.45 bits per heavy atom. The second-order valence-corrected chi connectivity index (χ2v) is 4.09. The first-order valence-electron chi connectivity index (χ1n) is 5.80. The molecule has 9 nitrogen and oxygen atoms in total. The van der Waals surface area contributed by atoms with Gasteiger partial charge in [0.2, 0.25) is 0 Å². The van der Waals surface area contributed by atoms with Crippen LogP contribution in [0.25, 0.3) is 0 Å². The summed E-state index contributed by atoms with van der Waals surface area (Å²) in [5.74, 6) is -0.650. The number of carbonyl (C=O) groups excluding carboxylic acids is 2. The molecular weight excluding hydrogens is 270 g/mol. The maximum atomic E-state index is 12.3. The van der Waals surface area contributed by atoms with Crippen LogP contribution < -0.4 is 11.1 Å². The maximum Gasteiger partial charge on any atom is 0.318 e. The summed E-state index contributed by atoms with van der Waals surface area (Å²) in [6.07, 6.45) is 0. The van der Waals surface area contributed by atoms with Crippen molar-refractivity contribution in [2.75, 3.05) is 55.1 Å². The van der Waals surface area contributed by atoms with E-state index in [0.717, 1.165) is 0 Å². The lowest BCUT2D eigenvalue weighted by Crippen LogP contribution is -2.66. The number of rotatable bonds is 10. The van der Waals surface area contributed by atoms with E-state index >= 15 is 0 Å². The molecule has 0 radical (unpaired) electrons. The first-order valence-corrected chi connectivity index (χ1v) is 5.80. The number of urea groups is 1. The molecule has 0 saturated heterocycles. The molecule has 0 rings (SSSR count). The third-order valence-electron chi connectivity index (χ3n) is 2.60. The van der Waals surface area contributed by atoms with Crippen molar-refractivity contribution in [3.05, 3.63) is 0 Å². The van der Waals surface area contributed by atoms with Crippen molar-refractivity contribution in [3.63, 3.8) is 0 Å². The minimum atomic E-state index is -1.30. The molecular formula is C11H23N3O6. The van der Waals surface area contributed by atoms with Gasteiger partial charge in [0, 0.05) is 28.4 Å². The fourth-order valence-corrected chi connectivity index (χ4v) is 1.80. The van der Waals surface area contributed by atoms with Crippen LogP contribution in [0.3, 0.4) is 0 Å². The Kier molecular flexibility index (Phi) is 9.01. The Labute approximate surface area is 118 Å². The SMILES string of the molecule is COCN(COC)C(COC)(COC)C(=O)NC(N)=O. The van der Waals surface area contributed by atoms with Crippen LogP contribution in [0.5, 0.6) is 0 Å². The number of hydrogen-bond acceptors (Lipinski definition) is 7. The van der Waals surface area contributed by atoms with Crippen molar-refractivity contribution >= 4 is 11.9 Å². The zero-order valence-corrected chi connectivity index (χ0v) is 12.3. The van der Waals surface area contributed by atoms with Gasteiger partial charge in [-0.25, -0.2) is 9.69 Å². The summed E-state index contributed by atoms with van der Waals surface area (Å²) in [5.41, 5.74) is 3.70. The van der Waals surface area contributed by atoms with Gasteiger partial charge in [-0.05, 0) is 0 Å². The lowest BCUT2D eigenvalue weighted by Gasteiger charge is -2.40. The zero-order valence-electron chi connectivity index (χ0n) is 12.3. The minimum Gasteiger partial charge on any atom is -0.382 e. The molecule has 0 aliphatic heterocycles. The van der Waals surface area contributed by atoms with E-state index in [1.807, 2.05) is 5.32 Å². The van der Waals surface area contributed by atoms with Gasteiger partial charge in [0.1, 0.15) is 13.5 Å². The lowest BCUT2D eigenvalue weighted by atomic mass is 9.98. The Balaban J connectivity index is 5.44. The first-order chi connectivity index (χ1) is 9.48. The molecule has 0 heterocycles. The van der Waals surface area contributed by atoms with Crippen molar-refractivity contribution in [3.8, 4) is 0 Å². The van der Waals surface area contributed by atoms with E-state index in [-0.39, 0.29) is 26.7 Å². The molecule has 3 amide bonds. The smallest absolute Gasteiger partial charge is 0.318 e. The van der Waals surface area contributed by atoms with Crippen molar-refractivity contribution in [1.29, 1.82) is 0 Å². The predicted molar refractivity (Wildman–Crippen MR) is 69.8 cm³/mol. The van der Waals surface area contributed by atoms with Gasteiger partial charge >= 0.3 is 6.03 Å². The van der Waals surface area contributed by atoms with E-state index in [2.05, 4.69) is 0 Å². The number of nitrogens with zero attached hydrogens (tertiary/aromatic N) is 1. The van der Waals surface area contributed by atoms with Crippen molar-refractivity contribution in [2.45, 2.75) is 5.54 Å². The number of amides is 3. The van der Waals surface area contributed by atoms with Crippen molar-refractivity contribution < 1.29 is 28.5 Å². The van der Waals surface area contributed by atoms with Crippen LogP contribution in [0.4, 0.5) is 4.79 Å². The van der Waals surface area contributed by atoms with Gasteiger partial charge in [-0.15, -0.1) is 0 Å². The summed E-state index contributed by atoms with van der Waals surface area (Å²) in [7, 11) is 5.80. The molecule has 0 unspecified atom stereocenters. The third-order valence-corrected chi connectivity index (χ3v) is 2.60. The molecule has 0 atom stereocenters. The van der Waals surface area contributed by atoms with Crippen LogP contribution in [0.15, 0.2) is 0 Å². The van der Waals surface area contributed by atoms with Gasteiger partial charge in [-0.3, -0.25) is 10.1 Å². The summed E-state index contributed by atoms with van der Waals surface area (Å²) in [6, 6.07) is -0.957. The molecule has 0 bridgehead atoms. The summed E-state index contributed by atoms with van der Waals surface area (Å²) in [6.45, 7) is 0.0822. The Morgan fingerprint density at radius 3 is 1.75 bits per heavy atom. The quantitative estimate of drug-likeness (QED) is 0.482. The van der Waals surface area contributed by atoms with Gasteiger partial charge < -0.3 is 24.7 Å². The van der Waals surface area contributed by atoms with E-state index in [9.17, 15) is 9.59 Å². The molecule has 0 aromatic carbocycles. The van der Waals surface area contributed by atoms with Crippen molar-refractivity contribution in [2.24, 2.45) is 5.73 Å². The highest BCUT2D eigenvalue weighted by atomic mass is 16.5. The van der Waals surface area contributed by atoms with Gasteiger partial charge in [0.15, 0.2) is 5.54 Å². The third kappa shape index (κ3) is 5.02. The maximum absolute atomic E-state index is 12.3. The van der Waals surface area contributed by atoms with Crippen LogP contribution in [0.1, 0.15) is 0 Å². The Bertz CT molecular complexity index is 301. The molecule has 0 aromatic rings. The lowest BCUT2D eigenvalue weighted by molar-refractivity contribution is -0.158. The monoisotopic (exact) mass is 293 g/mol. The number of methoxy groups -OCH3 is 4. The summed E-state index contributed by atoms with van der Waals surface area (Å²) < 4.78 is 20.3. The predicted octanol–water partition coefficient (Wildman–Crippen LogP) is -1.28. The van der Waals surface area contributed by atoms with Crippen LogP contribution in [0.2, 0.25) is 0 Å². The van der Waals surface area contributed by atoms with Crippen LogP contribution in [0, 0.1) is 0 Å². The molecule has 0 fully saturated rings. The molecule has 20 heavy (non-hydrogen) atoms. The standard InChI is InChI=1S/C11H23N3O6/c1-17-5-11(6-18-2,9(15)13-10(12)16)14(7-19-3)8-20-4/h5-8H2,1-4H3,(H3,12,13,15,16). The van der Waals surface area contributed by atoms with Gasteiger partial charge in [0.05, 0.1) is 13.2 Å². The summed E-state index contributed by atoms with van der Waals surface area (Å²) >= 11 is 0. The van der Waals surface area contributed by atoms with E-state index in [1.54, 1.807) is 0 Å². The number of nitrogens with two attached hydrogens (primary N) is 1. The van der Waals surface area contributed by atoms with Gasteiger partial charge in [0.25, 0.3) is 5.91 Å². The molecule has 0 saturated carbocycles. The van der Waals surface area contributed by atoms with E-state index in [1.165, 1.54) is 33.3 Å². The summed E-state index contributed by atoms with van der Waals surface area (Å²) in [4.78, 5) is 24.8. The highest BCUT2D eigenvalue weighted by Gasteiger charge is 2.45. The highest BCUT2D eigenvalue weighted by Crippen LogP contribution is 2.18. The normalized spacial score (nSPS) is 11.7. The molecule has 0 aromatic heterocycles. The Morgan fingerprint density at radius 1 is 1.00 bits per heavy atom. The molecule has 0 aliphatic rings. The van der Waals surface area contributed by atoms with Crippen molar-refractivity contribution in [1.82, 2.24) is 10.2 Å². The van der Waals surface area contributed by atoms with Crippen LogP contribution in [-0.2, 0) is 23.7 Å². The first kappa shape index (κ1) is 18.7. The van der Waals surface area contributed by atoms with E-state index in [4.69, 9.17) is 24.7 Å². The minimum absolute atomic E-state index is 0.0350. The van der Waals surface area contributed by atoms with Crippen LogP contribution in [-0.4, -0.2) is 77.5 Å².